The molecule has 0 spiro atoms. The van der Waals surface area contributed by atoms with E-state index in [1.165, 1.54) is 16.8 Å². The van der Waals surface area contributed by atoms with Gasteiger partial charge >= 0.3 is 5.97 Å². The van der Waals surface area contributed by atoms with E-state index in [1.807, 2.05) is 25.1 Å². The minimum atomic E-state index is -0.396. The minimum Gasteiger partial charge on any atom is -0.465 e. The summed E-state index contributed by atoms with van der Waals surface area (Å²) in [5.41, 5.74) is 7.86. The zero-order chi connectivity index (χ0) is 14.7. The number of carbonyl (C=O) groups excluding carboxylic acids is 1. The molecule has 5 nitrogen and oxygen atoms in total. The van der Waals surface area contributed by atoms with E-state index in [-0.39, 0.29) is 5.97 Å². The van der Waals surface area contributed by atoms with Crippen LogP contribution in [0.4, 0.5) is 0 Å². The Morgan fingerprint density at radius 3 is 2.85 bits per heavy atom. The van der Waals surface area contributed by atoms with Crippen LogP contribution >= 0.6 is 0 Å². The molecule has 0 aromatic carbocycles. The number of allylic oxidation sites excluding steroid dienone is 3. The second-order valence-electron chi connectivity index (χ2n) is 5.01. The third kappa shape index (κ3) is 2.88. The van der Waals surface area contributed by atoms with E-state index in [4.69, 9.17) is 4.74 Å². The standard InChI is InChI=1S/C15H23N3O2/c1-5-11-7-10(3)12(9-16-11)14-8-13(17-18(14)4)15(19)20-6-2/h7-8,13,16-17H,5-6,9H2,1-4H3. The van der Waals surface area contributed by atoms with Gasteiger partial charge < -0.3 is 15.1 Å². The lowest BCUT2D eigenvalue weighted by Gasteiger charge is -2.25. The first-order valence-electron chi connectivity index (χ1n) is 7.09. The van der Waals surface area contributed by atoms with Gasteiger partial charge in [0.2, 0.25) is 0 Å². The molecule has 1 atom stereocenters. The number of carbonyl (C=O) groups is 1. The van der Waals surface area contributed by atoms with Gasteiger partial charge in [-0.05, 0) is 43.6 Å². The Morgan fingerprint density at radius 1 is 1.50 bits per heavy atom. The third-order valence-electron chi connectivity index (χ3n) is 3.61. The van der Waals surface area contributed by atoms with E-state index in [0.717, 1.165) is 18.7 Å². The van der Waals surface area contributed by atoms with Crippen molar-refractivity contribution in [3.8, 4) is 0 Å². The Kier molecular flexibility index (Phi) is 4.49. The number of hydrogen-bond acceptors (Lipinski definition) is 5. The van der Waals surface area contributed by atoms with E-state index >= 15 is 0 Å². The maximum atomic E-state index is 11.8. The fraction of sp³-hybridized carbons (Fsp3) is 0.533. The summed E-state index contributed by atoms with van der Waals surface area (Å²) in [6.45, 7) is 7.25. The van der Waals surface area contributed by atoms with Crippen LogP contribution in [0.5, 0.6) is 0 Å². The summed E-state index contributed by atoms with van der Waals surface area (Å²) >= 11 is 0. The van der Waals surface area contributed by atoms with Gasteiger partial charge in [-0.1, -0.05) is 6.92 Å². The third-order valence-corrected chi connectivity index (χ3v) is 3.61. The van der Waals surface area contributed by atoms with Crippen molar-refractivity contribution in [1.29, 1.82) is 0 Å². The molecule has 2 rings (SSSR count). The number of rotatable bonds is 4. The van der Waals surface area contributed by atoms with Gasteiger partial charge in [-0.2, -0.15) is 0 Å². The van der Waals surface area contributed by atoms with Crippen LogP contribution in [0.1, 0.15) is 27.2 Å². The van der Waals surface area contributed by atoms with Crippen LogP contribution < -0.4 is 10.7 Å². The first kappa shape index (κ1) is 14.7. The Bertz CT molecular complexity index is 491. The van der Waals surface area contributed by atoms with E-state index in [1.54, 1.807) is 0 Å². The molecule has 0 radical (unpaired) electrons. The smallest absolute Gasteiger partial charge is 0.329 e. The summed E-state index contributed by atoms with van der Waals surface area (Å²) in [7, 11) is 1.92. The minimum absolute atomic E-state index is 0.235. The highest BCUT2D eigenvalue weighted by atomic mass is 16.5. The maximum Gasteiger partial charge on any atom is 0.329 e. The molecule has 1 unspecified atom stereocenters. The van der Waals surface area contributed by atoms with Gasteiger partial charge in [0.15, 0.2) is 0 Å². The number of ether oxygens (including phenoxy) is 1. The lowest BCUT2D eigenvalue weighted by molar-refractivity contribution is -0.144. The van der Waals surface area contributed by atoms with Crippen LogP contribution in [0.25, 0.3) is 0 Å². The summed E-state index contributed by atoms with van der Waals surface area (Å²) in [5, 5.41) is 5.30. The Labute approximate surface area is 120 Å². The average Bonchev–Trinajstić information content (AvgIpc) is 2.81. The van der Waals surface area contributed by atoms with E-state index in [9.17, 15) is 4.79 Å². The van der Waals surface area contributed by atoms with Gasteiger partial charge in [0.05, 0.1) is 12.3 Å². The molecular formula is C15H23N3O2. The second-order valence-corrected chi connectivity index (χ2v) is 5.01. The van der Waals surface area contributed by atoms with E-state index in [0.29, 0.717) is 6.61 Å². The quantitative estimate of drug-likeness (QED) is 0.762. The molecule has 0 aliphatic carbocycles. The van der Waals surface area contributed by atoms with Crippen molar-refractivity contribution >= 4 is 5.97 Å². The second kappa shape index (κ2) is 6.13. The molecule has 0 aromatic heterocycles. The summed E-state index contributed by atoms with van der Waals surface area (Å²) in [5.74, 6) is -0.235. The van der Waals surface area contributed by atoms with Crippen molar-refractivity contribution < 1.29 is 9.53 Å². The highest BCUT2D eigenvalue weighted by Gasteiger charge is 2.29. The largest absolute Gasteiger partial charge is 0.465 e. The number of hydrogen-bond donors (Lipinski definition) is 2. The number of dihydropyridines is 1. The molecule has 2 N–H and O–H groups in total. The molecular weight excluding hydrogens is 254 g/mol. The van der Waals surface area contributed by atoms with Gasteiger partial charge in [-0.15, -0.1) is 0 Å². The number of nitrogens with one attached hydrogen (secondary N) is 2. The van der Waals surface area contributed by atoms with Crippen molar-refractivity contribution in [2.45, 2.75) is 33.2 Å². The fourth-order valence-corrected chi connectivity index (χ4v) is 2.50. The van der Waals surface area contributed by atoms with Crippen LogP contribution in [-0.2, 0) is 9.53 Å². The van der Waals surface area contributed by atoms with Crippen molar-refractivity contribution in [2.24, 2.45) is 0 Å². The summed E-state index contributed by atoms with van der Waals surface area (Å²) in [6, 6.07) is -0.396. The highest BCUT2D eigenvalue weighted by Crippen LogP contribution is 2.25. The van der Waals surface area contributed by atoms with Crippen LogP contribution in [0.2, 0.25) is 0 Å². The van der Waals surface area contributed by atoms with Crippen molar-refractivity contribution in [2.75, 3.05) is 20.2 Å². The fourth-order valence-electron chi connectivity index (χ4n) is 2.50. The van der Waals surface area contributed by atoms with Gasteiger partial charge in [-0.3, -0.25) is 0 Å². The van der Waals surface area contributed by atoms with Crippen LogP contribution in [0, 0.1) is 0 Å². The topological polar surface area (TPSA) is 53.6 Å². The summed E-state index contributed by atoms with van der Waals surface area (Å²) in [6.07, 6.45) is 5.11. The van der Waals surface area contributed by atoms with Gasteiger partial charge in [0.25, 0.3) is 0 Å². The molecule has 0 aromatic rings. The Hall–Kier alpha value is -1.75. The normalized spacial score (nSPS) is 22.4. The Balaban J connectivity index is 2.22. The molecule has 0 saturated heterocycles. The molecule has 20 heavy (non-hydrogen) atoms. The van der Waals surface area contributed by atoms with Gasteiger partial charge in [0, 0.05) is 19.3 Å². The predicted octanol–water partition coefficient (Wildman–Crippen LogP) is 1.47. The average molecular weight is 277 g/mol. The SMILES string of the molecule is CCOC(=O)C1C=C(C2=C(C)C=C(CC)NC2)N(C)N1. The molecule has 0 saturated carbocycles. The van der Waals surface area contributed by atoms with Crippen molar-refractivity contribution in [3.63, 3.8) is 0 Å². The number of nitrogens with zero attached hydrogens (tertiary/aromatic N) is 1. The lowest BCUT2D eigenvalue weighted by Crippen LogP contribution is -2.40. The summed E-state index contributed by atoms with van der Waals surface area (Å²) < 4.78 is 5.05. The molecule has 0 bridgehead atoms. The molecule has 110 valence electrons. The molecule has 5 heteroatoms. The van der Waals surface area contributed by atoms with Crippen molar-refractivity contribution in [3.05, 3.63) is 34.7 Å². The van der Waals surface area contributed by atoms with E-state index in [2.05, 4.69) is 30.7 Å². The van der Waals surface area contributed by atoms with Crippen LogP contribution in [-0.4, -0.2) is 37.2 Å². The number of esters is 1. The maximum absolute atomic E-state index is 11.8. The zero-order valence-corrected chi connectivity index (χ0v) is 12.6. The van der Waals surface area contributed by atoms with E-state index < -0.39 is 6.04 Å². The highest BCUT2D eigenvalue weighted by molar-refractivity contribution is 5.79. The zero-order valence-electron chi connectivity index (χ0n) is 12.6. The van der Waals surface area contributed by atoms with Gasteiger partial charge in [0.1, 0.15) is 6.04 Å². The molecule has 0 amide bonds. The van der Waals surface area contributed by atoms with Crippen molar-refractivity contribution in [1.82, 2.24) is 15.8 Å². The van der Waals surface area contributed by atoms with Crippen LogP contribution in [0.15, 0.2) is 34.7 Å². The first-order chi connectivity index (χ1) is 9.56. The molecule has 2 heterocycles. The van der Waals surface area contributed by atoms with Gasteiger partial charge in [-0.25, -0.2) is 10.2 Å². The monoisotopic (exact) mass is 277 g/mol. The molecule has 2 aliphatic rings. The first-order valence-corrected chi connectivity index (χ1v) is 7.09. The number of likely N-dealkylation sites (N-methyl/N-ethyl adjacent to an activating group) is 1. The molecule has 2 aliphatic heterocycles. The van der Waals surface area contributed by atoms with Crippen LogP contribution in [0.3, 0.4) is 0 Å². The summed E-state index contributed by atoms with van der Waals surface area (Å²) in [4.78, 5) is 11.8. The molecule has 0 fully saturated rings. The lowest BCUT2D eigenvalue weighted by atomic mass is 10.00. The number of hydrazine groups is 1. The predicted molar refractivity (Wildman–Crippen MR) is 78.5 cm³/mol. The Morgan fingerprint density at radius 2 is 2.25 bits per heavy atom.